The largest absolute Gasteiger partial charge is 0.451 e. The van der Waals surface area contributed by atoms with Crippen LogP contribution in [-0.4, -0.2) is 22.8 Å². The van der Waals surface area contributed by atoms with Gasteiger partial charge < -0.3 is 9.72 Å². The predicted molar refractivity (Wildman–Crippen MR) is 93.4 cm³/mol. The topological polar surface area (TPSA) is 59.2 Å². The predicted octanol–water partition coefficient (Wildman–Crippen LogP) is 4.21. The normalized spacial score (nSPS) is 12.1. The molecule has 0 bridgehead atoms. The number of ketones is 1. The maximum Gasteiger partial charge on any atom is 0.341 e. The SMILES string of the molecule is Cc1ccc(C(=O)C(C)OC(=O)c2c[nH]c3ccccc23)cc1C. The number of rotatable bonds is 4. The molecule has 0 saturated heterocycles. The van der Waals surface area contributed by atoms with E-state index in [0.29, 0.717) is 11.1 Å². The quantitative estimate of drug-likeness (QED) is 0.578. The molecule has 122 valence electrons. The molecule has 24 heavy (non-hydrogen) atoms. The third-order valence-corrected chi connectivity index (χ3v) is 4.25. The Bertz CT molecular complexity index is 924. The van der Waals surface area contributed by atoms with Gasteiger partial charge in [-0.3, -0.25) is 4.79 Å². The lowest BCUT2D eigenvalue weighted by molar-refractivity contribution is 0.0321. The van der Waals surface area contributed by atoms with E-state index in [1.807, 2.05) is 50.2 Å². The zero-order valence-corrected chi connectivity index (χ0v) is 13.9. The molecule has 1 atom stereocenters. The summed E-state index contributed by atoms with van der Waals surface area (Å²) in [5, 5.41) is 0.785. The average Bonchev–Trinajstić information content (AvgIpc) is 3.00. The van der Waals surface area contributed by atoms with Crippen molar-refractivity contribution in [3.63, 3.8) is 0 Å². The summed E-state index contributed by atoms with van der Waals surface area (Å²) in [7, 11) is 0. The summed E-state index contributed by atoms with van der Waals surface area (Å²) in [5.74, 6) is -0.705. The van der Waals surface area contributed by atoms with E-state index < -0.39 is 12.1 Å². The van der Waals surface area contributed by atoms with Crippen LogP contribution in [-0.2, 0) is 4.74 Å². The monoisotopic (exact) mass is 321 g/mol. The molecule has 0 aliphatic carbocycles. The maximum atomic E-state index is 12.5. The number of aromatic amines is 1. The fourth-order valence-electron chi connectivity index (χ4n) is 2.65. The second kappa shape index (κ2) is 6.32. The van der Waals surface area contributed by atoms with Crippen molar-refractivity contribution in [2.75, 3.05) is 0 Å². The van der Waals surface area contributed by atoms with Gasteiger partial charge in [0.25, 0.3) is 0 Å². The number of nitrogens with one attached hydrogen (secondary N) is 1. The first kappa shape index (κ1) is 16.0. The number of Topliss-reactive ketones (excluding diaryl/α,β-unsaturated/α-hetero) is 1. The molecule has 0 fully saturated rings. The number of esters is 1. The number of para-hydroxylation sites is 1. The molecule has 1 heterocycles. The highest BCUT2D eigenvalue weighted by Crippen LogP contribution is 2.20. The van der Waals surface area contributed by atoms with Crippen LogP contribution in [0.3, 0.4) is 0 Å². The molecular weight excluding hydrogens is 302 g/mol. The van der Waals surface area contributed by atoms with E-state index >= 15 is 0 Å². The second-order valence-electron chi connectivity index (χ2n) is 5.96. The van der Waals surface area contributed by atoms with Crippen LogP contribution in [0.15, 0.2) is 48.7 Å². The third-order valence-electron chi connectivity index (χ3n) is 4.25. The number of carbonyl (C=O) groups is 2. The van der Waals surface area contributed by atoms with Gasteiger partial charge in [-0.25, -0.2) is 4.79 Å². The number of aryl methyl sites for hydroxylation is 2. The second-order valence-corrected chi connectivity index (χ2v) is 5.96. The van der Waals surface area contributed by atoms with Crippen molar-refractivity contribution in [2.24, 2.45) is 0 Å². The number of fused-ring (bicyclic) bond motifs is 1. The van der Waals surface area contributed by atoms with Crippen LogP contribution in [0, 0.1) is 13.8 Å². The van der Waals surface area contributed by atoms with E-state index in [9.17, 15) is 9.59 Å². The van der Waals surface area contributed by atoms with Gasteiger partial charge >= 0.3 is 5.97 Å². The Balaban J connectivity index is 1.78. The zero-order chi connectivity index (χ0) is 17.3. The summed E-state index contributed by atoms with van der Waals surface area (Å²) >= 11 is 0. The fourth-order valence-corrected chi connectivity index (χ4v) is 2.65. The van der Waals surface area contributed by atoms with Gasteiger partial charge in [-0.15, -0.1) is 0 Å². The molecule has 4 nitrogen and oxygen atoms in total. The number of ether oxygens (including phenoxy) is 1. The number of aromatic nitrogens is 1. The third kappa shape index (κ3) is 2.95. The van der Waals surface area contributed by atoms with E-state index in [-0.39, 0.29) is 5.78 Å². The van der Waals surface area contributed by atoms with E-state index in [1.54, 1.807) is 19.2 Å². The molecule has 1 N–H and O–H groups in total. The van der Waals surface area contributed by atoms with E-state index in [4.69, 9.17) is 4.74 Å². The van der Waals surface area contributed by atoms with Gasteiger partial charge in [-0.05, 0) is 44.0 Å². The zero-order valence-electron chi connectivity index (χ0n) is 13.9. The minimum Gasteiger partial charge on any atom is -0.451 e. The molecule has 2 aromatic carbocycles. The first-order chi connectivity index (χ1) is 11.5. The Morgan fingerprint density at radius 2 is 1.79 bits per heavy atom. The van der Waals surface area contributed by atoms with Gasteiger partial charge in [0.15, 0.2) is 6.10 Å². The van der Waals surface area contributed by atoms with Crippen molar-refractivity contribution in [1.82, 2.24) is 4.98 Å². The number of carbonyl (C=O) groups excluding carboxylic acids is 2. The molecule has 0 amide bonds. The summed E-state index contributed by atoms with van der Waals surface area (Å²) in [4.78, 5) is 27.9. The Kier molecular flexibility index (Phi) is 4.21. The van der Waals surface area contributed by atoms with E-state index in [1.165, 1.54) is 0 Å². The van der Waals surface area contributed by atoms with Crippen LogP contribution < -0.4 is 0 Å². The molecule has 3 rings (SSSR count). The average molecular weight is 321 g/mol. The lowest BCUT2D eigenvalue weighted by Gasteiger charge is -2.13. The Morgan fingerprint density at radius 3 is 2.54 bits per heavy atom. The minimum atomic E-state index is -0.840. The van der Waals surface area contributed by atoms with Crippen molar-refractivity contribution < 1.29 is 14.3 Å². The molecular formula is C20H19NO3. The molecule has 0 radical (unpaired) electrons. The first-order valence-electron chi connectivity index (χ1n) is 7.86. The highest BCUT2D eigenvalue weighted by Gasteiger charge is 2.22. The fraction of sp³-hybridized carbons (Fsp3) is 0.200. The Morgan fingerprint density at radius 1 is 1.04 bits per heavy atom. The molecule has 0 spiro atoms. The van der Waals surface area contributed by atoms with Crippen LogP contribution >= 0.6 is 0 Å². The molecule has 3 aromatic rings. The van der Waals surface area contributed by atoms with Crippen molar-refractivity contribution in [2.45, 2.75) is 26.9 Å². The minimum absolute atomic E-state index is 0.203. The van der Waals surface area contributed by atoms with Gasteiger partial charge in [0, 0.05) is 22.7 Å². The lowest BCUT2D eigenvalue weighted by Crippen LogP contribution is -2.24. The van der Waals surface area contributed by atoms with Gasteiger partial charge in [0.2, 0.25) is 5.78 Å². The summed E-state index contributed by atoms with van der Waals surface area (Å²) in [6.07, 6.45) is 0.772. The van der Waals surface area contributed by atoms with E-state index in [0.717, 1.165) is 22.0 Å². The van der Waals surface area contributed by atoms with Crippen molar-refractivity contribution in [3.05, 3.63) is 70.9 Å². The lowest BCUT2D eigenvalue weighted by atomic mass is 10.0. The molecule has 0 aliphatic rings. The van der Waals surface area contributed by atoms with Crippen molar-refractivity contribution in [3.8, 4) is 0 Å². The van der Waals surface area contributed by atoms with Gasteiger partial charge in [-0.2, -0.15) is 0 Å². The van der Waals surface area contributed by atoms with Crippen LogP contribution in [0.1, 0.15) is 38.8 Å². The van der Waals surface area contributed by atoms with Crippen LogP contribution in [0.25, 0.3) is 10.9 Å². The standard InChI is InChI=1S/C20H19NO3/c1-12-8-9-15(10-13(12)2)19(22)14(3)24-20(23)17-11-21-18-7-5-4-6-16(17)18/h4-11,14,21H,1-3H3. The first-order valence-corrected chi connectivity index (χ1v) is 7.86. The molecule has 0 aliphatic heterocycles. The summed E-state index contributed by atoms with van der Waals surface area (Å²) in [6, 6.07) is 13.0. The molecule has 4 heteroatoms. The molecule has 0 saturated carbocycles. The summed E-state index contributed by atoms with van der Waals surface area (Å²) < 4.78 is 5.38. The smallest absolute Gasteiger partial charge is 0.341 e. The van der Waals surface area contributed by atoms with Crippen molar-refractivity contribution >= 4 is 22.7 Å². The van der Waals surface area contributed by atoms with Crippen molar-refractivity contribution in [1.29, 1.82) is 0 Å². The van der Waals surface area contributed by atoms with Gasteiger partial charge in [0.05, 0.1) is 5.56 Å². The molecule has 1 unspecified atom stereocenters. The number of hydrogen-bond acceptors (Lipinski definition) is 3. The number of benzene rings is 2. The number of H-pyrrole nitrogens is 1. The number of hydrogen-bond donors (Lipinski definition) is 1. The summed E-state index contributed by atoms with van der Waals surface area (Å²) in [6.45, 7) is 5.54. The maximum absolute atomic E-state index is 12.5. The summed E-state index contributed by atoms with van der Waals surface area (Å²) in [5.41, 5.74) is 4.01. The van der Waals surface area contributed by atoms with Gasteiger partial charge in [0.1, 0.15) is 0 Å². The van der Waals surface area contributed by atoms with Crippen LogP contribution in [0.5, 0.6) is 0 Å². The molecule has 1 aromatic heterocycles. The van der Waals surface area contributed by atoms with Crippen LogP contribution in [0.4, 0.5) is 0 Å². The van der Waals surface area contributed by atoms with Crippen LogP contribution in [0.2, 0.25) is 0 Å². The highest BCUT2D eigenvalue weighted by atomic mass is 16.5. The van der Waals surface area contributed by atoms with E-state index in [2.05, 4.69) is 4.98 Å². The Hall–Kier alpha value is -2.88. The van der Waals surface area contributed by atoms with Gasteiger partial charge in [-0.1, -0.05) is 30.3 Å². The Labute approximate surface area is 140 Å². The highest BCUT2D eigenvalue weighted by molar-refractivity contribution is 6.06.